The minimum atomic E-state index is -1.38. The Morgan fingerprint density at radius 2 is 1.59 bits per heavy atom. The highest BCUT2D eigenvalue weighted by Gasteiger charge is 2.53. The summed E-state index contributed by atoms with van der Waals surface area (Å²) in [6, 6.07) is 25.7. The second kappa shape index (κ2) is 10.8. The summed E-state index contributed by atoms with van der Waals surface area (Å²) >= 11 is 0. The zero-order chi connectivity index (χ0) is 25.8. The van der Waals surface area contributed by atoms with E-state index >= 15 is 0 Å². The number of rotatable bonds is 7. The maximum absolute atomic E-state index is 14.4. The molecule has 0 radical (unpaired) electrons. The molecule has 3 aromatic rings. The SMILES string of the molecule is COc1ccccc1C1CCN(C(=O)[C@@](Cc2ccccc2)(C(N)=O)[C@@H]2Cc3ccccc3CN2)CC1. The first-order chi connectivity index (χ1) is 18.0. The molecule has 1 saturated heterocycles. The number of nitrogens with two attached hydrogens (primary N) is 1. The number of likely N-dealkylation sites (tertiary alicyclic amines) is 1. The van der Waals surface area contributed by atoms with Gasteiger partial charge in [-0.3, -0.25) is 9.59 Å². The molecule has 6 heteroatoms. The Labute approximate surface area is 218 Å². The Morgan fingerprint density at radius 1 is 0.946 bits per heavy atom. The molecule has 192 valence electrons. The number of para-hydroxylation sites is 1. The Kier molecular flexibility index (Phi) is 7.28. The van der Waals surface area contributed by atoms with E-state index in [1.165, 1.54) is 11.1 Å². The minimum absolute atomic E-state index is 0.167. The summed E-state index contributed by atoms with van der Waals surface area (Å²) in [6.45, 7) is 1.76. The standard InChI is InChI=1S/C31H35N3O3/c1-37-27-14-8-7-13-26(27)23-15-17-34(18-16-23)30(36)31(29(32)35,20-22-9-3-2-4-10-22)28-19-24-11-5-6-12-25(24)21-33-28/h2-14,23,28,33H,15-21H2,1H3,(H2,32,35)/t28-,31+/m0/s1. The maximum atomic E-state index is 14.4. The zero-order valence-corrected chi connectivity index (χ0v) is 21.4. The molecule has 0 aromatic heterocycles. The van der Waals surface area contributed by atoms with Crippen LogP contribution in [0.1, 0.15) is 41.0 Å². The van der Waals surface area contributed by atoms with Gasteiger partial charge in [-0.2, -0.15) is 0 Å². The van der Waals surface area contributed by atoms with Gasteiger partial charge in [0.15, 0.2) is 0 Å². The average molecular weight is 498 g/mol. The van der Waals surface area contributed by atoms with Crippen molar-refractivity contribution in [2.45, 2.75) is 44.2 Å². The highest BCUT2D eigenvalue weighted by atomic mass is 16.5. The van der Waals surface area contributed by atoms with Crippen LogP contribution in [0.2, 0.25) is 0 Å². The highest BCUT2D eigenvalue weighted by molar-refractivity contribution is 6.05. The number of hydrogen-bond acceptors (Lipinski definition) is 4. The Morgan fingerprint density at radius 3 is 2.30 bits per heavy atom. The number of hydrogen-bond donors (Lipinski definition) is 2. The Balaban J connectivity index is 1.44. The lowest BCUT2D eigenvalue weighted by Gasteiger charge is -2.44. The number of amides is 2. The number of nitrogens with zero attached hydrogens (tertiary/aromatic N) is 1. The second-order valence-corrected chi connectivity index (χ2v) is 10.2. The fraction of sp³-hybridized carbons (Fsp3) is 0.355. The predicted octanol–water partition coefficient (Wildman–Crippen LogP) is 3.83. The second-order valence-electron chi connectivity index (χ2n) is 10.2. The third-order valence-corrected chi connectivity index (χ3v) is 8.18. The van der Waals surface area contributed by atoms with E-state index in [1.54, 1.807) is 7.11 Å². The molecule has 2 atom stereocenters. The van der Waals surface area contributed by atoms with Crippen molar-refractivity contribution in [3.05, 3.63) is 101 Å². The summed E-state index contributed by atoms with van der Waals surface area (Å²) in [7, 11) is 1.69. The first kappa shape index (κ1) is 25.0. The molecule has 0 unspecified atom stereocenters. The molecule has 1 fully saturated rings. The van der Waals surface area contributed by atoms with Gasteiger partial charge in [0.25, 0.3) is 0 Å². The van der Waals surface area contributed by atoms with E-state index in [9.17, 15) is 9.59 Å². The number of piperidine rings is 1. The molecular weight excluding hydrogens is 462 g/mol. The van der Waals surface area contributed by atoms with Gasteiger partial charge in [-0.05, 0) is 59.9 Å². The molecule has 37 heavy (non-hydrogen) atoms. The van der Waals surface area contributed by atoms with Gasteiger partial charge >= 0.3 is 0 Å². The number of nitrogens with one attached hydrogen (secondary N) is 1. The molecule has 2 aliphatic heterocycles. The van der Waals surface area contributed by atoms with E-state index in [2.05, 4.69) is 23.5 Å². The van der Waals surface area contributed by atoms with Gasteiger partial charge in [-0.1, -0.05) is 72.8 Å². The average Bonchev–Trinajstić information content (AvgIpc) is 2.95. The van der Waals surface area contributed by atoms with Crippen molar-refractivity contribution in [1.82, 2.24) is 10.2 Å². The molecule has 5 rings (SSSR count). The Bertz CT molecular complexity index is 1250. The lowest BCUT2D eigenvalue weighted by Crippen LogP contribution is -2.64. The first-order valence-corrected chi connectivity index (χ1v) is 13.1. The number of carbonyl (C=O) groups is 2. The topological polar surface area (TPSA) is 84.7 Å². The monoisotopic (exact) mass is 497 g/mol. The van der Waals surface area contributed by atoms with Gasteiger partial charge in [-0.15, -0.1) is 0 Å². The minimum Gasteiger partial charge on any atom is -0.496 e. The number of carbonyl (C=O) groups excluding carboxylic acids is 2. The van der Waals surface area contributed by atoms with E-state index in [4.69, 9.17) is 10.5 Å². The van der Waals surface area contributed by atoms with Gasteiger partial charge in [0, 0.05) is 25.7 Å². The zero-order valence-electron chi connectivity index (χ0n) is 21.4. The number of benzene rings is 3. The van der Waals surface area contributed by atoms with E-state index in [-0.39, 0.29) is 18.4 Å². The quantitative estimate of drug-likeness (QED) is 0.486. The van der Waals surface area contributed by atoms with Crippen molar-refractivity contribution in [2.75, 3.05) is 20.2 Å². The summed E-state index contributed by atoms with van der Waals surface area (Å²) < 4.78 is 5.58. The summed E-state index contributed by atoms with van der Waals surface area (Å²) in [5.41, 5.74) is 9.27. The summed E-state index contributed by atoms with van der Waals surface area (Å²) in [6.07, 6.45) is 2.48. The summed E-state index contributed by atoms with van der Waals surface area (Å²) in [5, 5.41) is 3.52. The summed E-state index contributed by atoms with van der Waals surface area (Å²) in [5.74, 6) is 0.453. The van der Waals surface area contributed by atoms with Crippen LogP contribution in [0, 0.1) is 5.41 Å². The molecule has 3 N–H and O–H groups in total. The molecule has 2 amide bonds. The molecule has 0 bridgehead atoms. The van der Waals surface area contributed by atoms with Crippen molar-refractivity contribution < 1.29 is 14.3 Å². The van der Waals surface area contributed by atoms with Crippen LogP contribution in [-0.2, 0) is 29.0 Å². The van der Waals surface area contributed by atoms with Crippen LogP contribution < -0.4 is 15.8 Å². The molecule has 3 aromatic carbocycles. The summed E-state index contributed by atoms with van der Waals surface area (Å²) in [4.78, 5) is 29.7. The van der Waals surface area contributed by atoms with E-state index in [0.717, 1.165) is 29.7 Å². The fourth-order valence-electron chi connectivity index (χ4n) is 6.11. The van der Waals surface area contributed by atoms with Crippen LogP contribution >= 0.6 is 0 Å². The van der Waals surface area contributed by atoms with Gasteiger partial charge < -0.3 is 20.7 Å². The van der Waals surface area contributed by atoms with E-state index < -0.39 is 11.3 Å². The van der Waals surface area contributed by atoms with E-state index in [0.29, 0.717) is 32.0 Å². The highest BCUT2D eigenvalue weighted by Crippen LogP contribution is 2.38. The van der Waals surface area contributed by atoms with Gasteiger partial charge in [0.2, 0.25) is 11.8 Å². The van der Waals surface area contributed by atoms with Crippen LogP contribution in [0.4, 0.5) is 0 Å². The van der Waals surface area contributed by atoms with Crippen molar-refractivity contribution in [1.29, 1.82) is 0 Å². The van der Waals surface area contributed by atoms with Crippen LogP contribution in [0.25, 0.3) is 0 Å². The smallest absolute Gasteiger partial charge is 0.240 e. The molecular formula is C31H35N3O3. The molecule has 2 aliphatic rings. The molecule has 0 spiro atoms. The van der Waals surface area contributed by atoms with Crippen LogP contribution in [0.5, 0.6) is 5.75 Å². The van der Waals surface area contributed by atoms with Crippen molar-refractivity contribution in [2.24, 2.45) is 11.1 Å². The van der Waals surface area contributed by atoms with Crippen LogP contribution in [0.3, 0.4) is 0 Å². The third kappa shape index (κ3) is 4.86. The molecule has 2 heterocycles. The fourth-order valence-corrected chi connectivity index (χ4v) is 6.11. The number of ether oxygens (including phenoxy) is 1. The molecule has 0 aliphatic carbocycles. The van der Waals surface area contributed by atoms with Crippen molar-refractivity contribution in [3.63, 3.8) is 0 Å². The lowest BCUT2D eigenvalue weighted by atomic mass is 9.69. The molecule has 6 nitrogen and oxygen atoms in total. The van der Waals surface area contributed by atoms with Gasteiger partial charge in [0.05, 0.1) is 7.11 Å². The van der Waals surface area contributed by atoms with Crippen molar-refractivity contribution in [3.8, 4) is 5.75 Å². The number of primary amides is 1. The van der Waals surface area contributed by atoms with Gasteiger partial charge in [0.1, 0.15) is 11.2 Å². The normalized spacial score (nSPS) is 19.5. The third-order valence-electron chi connectivity index (χ3n) is 8.18. The number of methoxy groups -OCH3 is 1. The van der Waals surface area contributed by atoms with E-state index in [1.807, 2.05) is 65.6 Å². The van der Waals surface area contributed by atoms with Crippen molar-refractivity contribution >= 4 is 11.8 Å². The largest absolute Gasteiger partial charge is 0.496 e. The van der Waals surface area contributed by atoms with Gasteiger partial charge in [-0.25, -0.2) is 0 Å². The Hall–Kier alpha value is -3.64. The number of fused-ring (bicyclic) bond motifs is 1. The first-order valence-electron chi connectivity index (χ1n) is 13.1. The van der Waals surface area contributed by atoms with Crippen LogP contribution in [-0.4, -0.2) is 43.0 Å². The lowest BCUT2D eigenvalue weighted by molar-refractivity contribution is -0.153. The molecule has 0 saturated carbocycles. The predicted molar refractivity (Wildman–Crippen MR) is 144 cm³/mol. The maximum Gasteiger partial charge on any atom is 0.240 e. The van der Waals surface area contributed by atoms with Crippen LogP contribution in [0.15, 0.2) is 78.9 Å².